The zero-order chi connectivity index (χ0) is 13.3. The van der Waals surface area contributed by atoms with Crippen LogP contribution in [0.5, 0.6) is 0 Å². The van der Waals surface area contributed by atoms with E-state index in [0.29, 0.717) is 24.1 Å². The van der Waals surface area contributed by atoms with Crippen molar-refractivity contribution in [3.63, 3.8) is 0 Å². The number of anilines is 1. The lowest BCUT2D eigenvalue weighted by Crippen LogP contribution is -2.59. The zero-order valence-electron chi connectivity index (χ0n) is 9.57. The first-order chi connectivity index (χ1) is 8.44. The van der Waals surface area contributed by atoms with Crippen molar-refractivity contribution in [2.75, 3.05) is 5.73 Å². The van der Waals surface area contributed by atoms with Crippen LogP contribution in [-0.4, -0.2) is 22.5 Å². The number of nitrogen functional groups attached to an aromatic ring is 1. The number of rotatable bonds is 3. The number of carboxylic acids is 1. The molecule has 2 rings (SSSR count). The van der Waals surface area contributed by atoms with Gasteiger partial charge in [-0.15, -0.1) is 0 Å². The van der Waals surface area contributed by atoms with E-state index in [1.807, 2.05) is 0 Å². The standard InChI is InChI=1S/C12H13BrN2O3/c13-7-2-3-8(9(14)6-7)10(16)15-12(11(17)18)4-1-5-12/h2-3,6H,1,4-5,14H2,(H,15,16)(H,17,18). The second-order valence-corrected chi connectivity index (χ2v) is 5.34. The molecule has 0 aliphatic heterocycles. The van der Waals surface area contributed by atoms with E-state index in [-0.39, 0.29) is 0 Å². The summed E-state index contributed by atoms with van der Waals surface area (Å²) < 4.78 is 0.771. The molecule has 6 heteroatoms. The average molecular weight is 313 g/mol. The van der Waals surface area contributed by atoms with E-state index in [1.165, 1.54) is 0 Å². The van der Waals surface area contributed by atoms with Gasteiger partial charge in [-0.3, -0.25) is 4.79 Å². The molecule has 1 saturated carbocycles. The summed E-state index contributed by atoms with van der Waals surface area (Å²) in [7, 11) is 0. The molecule has 4 N–H and O–H groups in total. The van der Waals surface area contributed by atoms with Crippen LogP contribution in [0.2, 0.25) is 0 Å². The Hall–Kier alpha value is -1.56. The van der Waals surface area contributed by atoms with Gasteiger partial charge in [0.05, 0.1) is 5.56 Å². The summed E-state index contributed by atoms with van der Waals surface area (Å²) in [5.41, 5.74) is 5.24. The summed E-state index contributed by atoms with van der Waals surface area (Å²) in [6.45, 7) is 0. The smallest absolute Gasteiger partial charge is 0.329 e. The molecule has 1 aromatic rings. The Labute approximate surface area is 112 Å². The van der Waals surface area contributed by atoms with E-state index in [2.05, 4.69) is 21.2 Å². The average Bonchev–Trinajstić information content (AvgIpc) is 2.22. The third-order valence-corrected chi connectivity index (χ3v) is 3.72. The fraction of sp³-hybridized carbons (Fsp3) is 0.333. The minimum absolute atomic E-state index is 0.297. The van der Waals surface area contributed by atoms with Gasteiger partial charge in [-0.25, -0.2) is 4.79 Å². The van der Waals surface area contributed by atoms with Crippen LogP contribution in [0.15, 0.2) is 22.7 Å². The van der Waals surface area contributed by atoms with Crippen molar-refractivity contribution in [1.82, 2.24) is 5.32 Å². The summed E-state index contributed by atoms with van der Waals surface area (Å²) in [6.07, 6.45) is 1.73. The Bertz CT molecular complexity index is 512. The third-order valence-electron chi connectivity index (χ3n) is 3.23. The first-order valence-corrected chi connectivity index (χ1v) is 6.35. The van der Waals surface area contributed by atoms with Crippen molar-refractivity contribution < 1.29 is 14.7 Å². The quantitative estimate of drug-likeness (QED) is 0.742. The molecule has 1 aliphatic rings. The Morgan fingerprint density at radius 1 is 1.39 bits per heavy atom. The van der Waals surface area contributed by atoms with Gasteiger partial charge in [0.2, 0.25) is 0 Å². The highest BCUT2D eigenvalue weighted by atomic mass is 79.9. The molecular weight excluding hydrogens is 300 g/mol. The van der Waals surface area contributed by atoms with Crippen molar-refractivity contribution in [2.24, 2.45) is 0 Å². The SMILES string of the molecule is Nc1cc(Br)ccc1C(=O)NC1(C(=O)O)CCC1. The minimum Gasteiger partial charge on any atom is -0.480 e. The predicted molar refractivity (Wildman–Crippen MR) is 70.2 cm³/mol. The molecule has 0 heterocycles. The Balaban J connectivity index is 2.19. The normalized spacial score (nSPS) is 16.7. The van der Waals surface area contributed by atoms with Gasteiger partial charge in [-0.05, 0) is 37.5 Å². The molecule has 0 aromatic heterocycles. The number of nitrogens with two attached hydrogens (primary N) is 1. The first-order valence-electron chi connectivity index (χ1n) is 5.55. The zero-order valence-corrected chi connectivity index (χ0v) is 11.2. The Morgan fingerprint density at radius 2 is 2.06 bits per heavy atom. The number of benzene rings is 1. The van der Waals surface area contributed by atoms with Crippen molar-refractivity contribution >= 4 is 33.5 Å². The number of aliphatic carboxylic acids is 1. The van der Waals surface area contributed by atoms with Gasteiger partial charge >= 0.3 is 5.97 Å². The maximum absolute atomic E-state index is 12.0. The number of carboxylic acid groups (broad SMARTS) is 1. The molecule has 0 bridgehead atoms. The number of hydrogen-bond donors (Lipinski definition) is 3. The fourth-order valence-corrected chi connectivity index (χ4v) is 2.33. The highest BCUT2D eigenvalue weighted by molar-refractivity contribution is 9.10. The maximum Gasteiger partial charge on any atom is 0.329 e. The largest absolute Gasteiger partial charge is 0.480 e. The van der Waals surface area contributed by atoms with Gasteiger partial charge in [0, 0.05) is 10.2 Å². The van der Waals surface area contributed by atoms with Crippen molar-refractivity contribution in [2.45, 2.75) is 24.8 Å². The molecule has 1 fully saturated rings. The molecule has 0 radical (unpaired) electrons. The van der Waals surface area contributed by atoms with Crippen LogP contribution in [0.3, 0.4) is 0 Å². The summed E-state index contributed by atoms with van der Waals surface area (Å²) in [5.74, 6) is -1.43. The molecule has 5 nitrogen and oxygen atoms in total. The molecular formula is C12H13BrN2O3. The summed E-state index contributed by atoms with van der Waals surface area (Å²) in [6, 6.07) is 4.88. The lowest BCUT2D eigenvalue weighted by molar-refractivity contribution is -0.148. The van der Waals surface area contributed by atoms with Crippen molar-refractivity contribution in [3.8, 4) is 0 Å². The van der Waals surface area contributed by atoms with Crippen LogP contribution >= 0.6 is 15.9 Å². The van der Waals surface area contributed by atoms with Crippen LogP contribution < -0.4 is 11.1 Å². The van der Waals surface area contributed by atoms with Gasteiger partial charge < -0.3 is 16.2 Å². The van der Waals surface area contributed by atoms with Gasteiger partial charge in [0.25, 0.3) is 5.91 Å². The number of carbonyl (C=O) groups is 2. The van der Waals surface area contributed by atoms with Gasteiger partial charge in [0.1, 0.15) is 5.54 Å². The monoisotopic (exact) mass is 312 g/mol. The minimum atomic E-state index is -1.11. The predicted octanol–water partition coefficient (Wildman–Crippen LogP) is 1.77. The molecule has 18 heavy (non-hydrogen) atoms. The Morgan fingerprint density at radius 3 is 2.50 bits per heavy atom. The first kappa shape index (κ1) is 12.9. The van der Waals surface area contributed by atoms with Gasteiger partial charge in [-0.2, -0.15) is 0 Å². The highest BCUT2D eigenvalue weighted by Crippen LogP contribution is 2.32. The van der Waals surface area contributed by atoms with E-state index in [4.69, 9.17) is 10.8 Å². The molecule has 0 spiro atoms. The molecule has 96 valence electrons. The molecule has 0 saturated heterocycles. The van der Waals surface area contributed by atoms with Crippen molar-refractivity contribution in [3.05, 3.63) is 28.2 Å². The topological polar surface area (TPSA) is 92.4 Å². The van der Waals surface area contributed by atoms with E-state index >= 15 is 0 Å². The number of halogens is 1. The van der Waals surface area contributed by atoms with Crippen molar-refractivity contribution in [1.29, 1.82) is 0 Å². The number of amides is 1. The summed E-state index contributed by atoms with van der Waals surface area (Å²) in [4.78, 5) is 23.2. The fourth-order valence-electron chi connectivity index (χ4n) is 1.95. The van der Waals surface area contributed by atoms with Crippen LogP contribution in [-0.2, 0) is 4.79 Å². The molecule has 1 aromatic carbocycles. The van der Waals surface area contributed by atoms with E-state index in [0.717, 1.165) is 10.9 Å². The lowest BCUT2D eigenvalue weighted by Gasteiger charge is -2.38. The van der Waals surface area contributed by atoms with E-state index < -0.39 is 17.4 Å². The molecule has 0 atom stereocenters. The molecule has 1 aliphatic carbocycles. The second-order valence-electron chi connectivity index (χ2n) is 4.43. The molecule has 1 amide bonds. The highest BCUT2D eigenvalue weighted by Gasteiger charge is 2.45. The summed E-state index contributed by atoms with van der Waals surface area (Å²) >= 11 is 3.25. The molecule has 0 unspecified atom stereocenters. The van der Waals surface area contributed by atoms with E-state index in [1.54, 1.807) is 18.2 Å². The van der Waals surface area contributed by atoms with Gasteiger partial charge in [0.15, 0.2) is 0 Å². The second kappa shape index (κ2) is 4.61. The third kappa shape index (κ3) is 2.20. The van der Waals surface area contributed by atoms with Crippen LogP contribution in [0.1, 0.15) is 29.6 Å². The number of nitrogens with one attached hydrogen (secondary N) is 1. The van der Waals surface area contributed by atoms with E-state index in [9.17, 15) is 9.59 Å². The Kier molecular flexibility index (Phi) is 3.30. The van der Waals surface area contributed by atoms with Crippen LogP contribution in [0.4, 0.5) is 5.69 Å². The maximum atomic E-state index is 12.0. The lowest BCUT2D eigenvalue weighted by atomic mass is 9.76. The number of carbonyl (C=O) groups excluding carboxylic acids is 1. The summed E-state index contributed by atoms with van der Waals surface area (Å²) in [5, 5.41) is 11.7. The van der Waals surface area contributed by atoms with Crippen LogP contribution in [0.25, 0.3) is 0 Å². The number of hydrogen-bond acceptors (Lipinski definition) is 3. The van der Waals surface area contributed by atoms with Crippen LogP contribution in [0, 0.1) is 0 Å². The van der Waals surface area contributed by atoms with Gasteiger partial charge in [-0.1, -0.05) is 15.9 Å².